The summed E-state index contributed by atoms with van der Waals surface area (Å²) < 4.78 is 11.3. The molecule has 2 amide bonds. The molecule has 7 heteroatoms. The second-order valence-corrected chi connectivity index (χ2v) is 5.90. The number of halogens is 1. The van der Waals surface area contributed by atoms with Gasteiger partial charge in [0.05, 0.1) is 24.6 Å². The Morgan fingerprint density at radius 3 is 2.00 bits per heavy atom. The van der Waals surface area contributed by atoms with Crippen molar-refractivity contribution in [2.24, 2.45) is 0 Å². The molecule has 0 atom stereocenters. The molecule has 6 nitrogen and oxygen atoms in total. The molecule has 0 aliphatic heterocycles. The third-order valence-electron chi connectivity index (χ3n) is 3.56. The van der Waals surface area contributed by atoms with Crippen molar-refractivity contribution in [2.45, 2.75) is 20.3 Å². The van der Waals surface area contributed by atoms with Gasteiger partial charge in [-0.3, -0.25) is 9.59 Å². The van der Waals surface area contributed by atoms with Crippen LogP contribution in [0.25, 0.3) is 0 Å². The number of benzene rings is 2. The van der Waals surface area contributed by atoms with Gasteiger partial charge in [0.2, 0.25) is 5.91 Å². The SMILES string of the molecule is CCOc1cc(NC(=O)c2ccccc2)c(OCC)cc1NC(=O)CCCl. The van der Waals surface area contributed by atoms with Crippen LogP contribution in [0.4, 0.5) is 11.4 Å². The molecule has 2 aromatic rings. The third kappa shape index (κ3) is 5.89. The number of nitrogens with one attached hydrogen (secondary N) is 2. The van der Waals surface area contributed by atoms with Crippen LogP contribution in [0, 0.1) is 0 Å². The molecule has 2 aromatic carbocycles. The Hall–Kier alpha value is -2.73. The maximum Gasteiger partial charge on any atom is 0.255 e. The fraction of sp³-hybridized carbons (Fsp3) is 0.300. The first kappa shape index (κ1) is 20.6. The van der Waals surface area contributed by atoms with E-state index < -0.39 is 0 Å². The number of alkyl halides is 1. The zero-order valence-corrected chi connectivity index (χ0v) is 16.1. The zero-order chi connectivity index (χ0) is 19.6. The monoisotopic (exact) mass is 390 g/mol. The Morgan fingerprint density at radius 2 is 1.48 bits per heavy atom. The maximum atomic E-state index is 12.5. The normalized spacial score (nSPS) is 10.2. The molecule has 0 heterocycles. The van der Waals surface area contributed by atoms with Gasteiger partial charge >= 0.3 is 0 Å². The highest BCUT2D eigenvalue weighted by atomic mass is 35.5. The molecule has 0 unspecified atom stereocenters. The number of amides is 2. The summed E-state index contributed by atoms with van der Waals surface area (Å²) in [5.41, 5.74) is 1.45. The second-order valence-electron chi connectivity index (χ2n) is 5.52. The van der Waals surface area contributed by atoms with Crippen molar-refractivity contribution in [1.29, 1.82) is 0 Å². The van der Waals surface area contributed by atoms with Gasteiger partial charge in [0.25, 0.3) is 5.91 Å². The van der Waals surface area contributed by atoms with Crippen LogP contribution >= 0.6 is 11.6 Å². The van der Waals surface area contributed by atoms with Gasteiger partial charge in [-0.15, -0.1) is 11.6 Å². The number of hydrogen-bond acceptors (Lipinski definition) is 4. The van der Waals surface area contributed by atoms with E-state index in [1.54, 1.807) is 36.4 Å². The van der Waals surface area contributed by atoms with Crippen molar-refractivity contribution < 1.29 is 19.1 Å². The molecular weight excluding hydrogens is 368 g/mol. The molecule has 0 saturated heterocycles. The van der Waals surface area contributed by atoms with Crippen molar-refractivity contribution in [2.75, 3.05) is 29.7 Å². The van der Waals surface area contributed by atoms with Crippen LogP contribution < -0.4 is 20.1 Å². The highest BCUT2D eigenvalue weighted by molar-refractivity contribution is 6.19. The number of carbonyl (C=O) groups is 2. The first-order valence-electron chi connectivity index (χ1n) is 8.74. The van der Waals surface area contributed by atoms with E-state index in [1.807, 2.05) is 19.9 Å². The predicted octanol–water partition coefficient (Wildman–Crippen LogP) is 4.30. The van der Waals surface area contributed by atoms with Crippen LogP contribution in [0.5, 0.6) is 11.5 Å². The first-order chi connectivity index (χ1) is 13.1. The maximum absolute atomic E-state index is 12.5. The van der Waals surface area contributed by atoms with E-state index >= 15 is 0 Å². The number of carbonyl (C=O) groups excluding carboxylic acids is 2. The molecule has 0 aromatic heterocycles. The van der Waals surface area contributed by atoms with Crippen LogP contribution in [-0.4, -0.2) is 30.9 Å². The van der Waals surface area contributed by atoms with E-state index in [4.69, 9.17) is 21.1 Å². The lowest BCUT2D eigenvalue weighted by Gasteiger charge is -2.17. The van der Waals surface area contributed by atoms with Crippen LogP contribution in [-0.2, 0) is 4.79 Å². The van der Waals surface area contributed by atoms with Crippen molar-refractivity contribution in [3.05, 3.63) is 48.0 Å². The lowest BCUT2D eigenvalue weighted by molar-refractivity contribution is -0.115. The molecule has 0 radical (unpaired) electrons. The van der Waals surface area contributed by atoms with E-state index in [9.17, 15) is 9.59 Å². The summed E-state index contributed by atoms with van der Waals surface area (Å²) in [4.78, 5) is 24.4. The van der Waals surface area contributed by atoms with E-state index in [0.717, 1.165) is 0 Å². The van der Waals surface area contributed by atoms with Gasteiger partial charge in [-0.1, -0.05) is 18.2 Å². The lowest BCUT2D eigenvalue weighted by atomic mass is 10.2. The molecule has 0 aliphatic carbocycles. The standard InChI is InChI=1S/C20H23ClN2O4/c1-3-26-17-13-16(23-20(25)14-8-6-5-7-9-14)18(27-4-2)12-15(17)22-19(24)10-11-21/h5-9,12-13H,3-4,10-11H2,1-2H3,(H,22,24)(H,23,25). The fourth-order valence-corrected chi connectivity index (χ4v) is 2.56. The number of hydrogen-bond donors (Lipinski definition) is 2. The largest absolute Gasteiger partial charge is 0.492 e. The number of rotatable bonds is 9. The smallest absolute Gasteiger partial charge is 0.255 e. The van der Waals surface area contributed by atoms with Crippen molar-refractivity contribution in [3.63, 3.8) is 0 Å². The van der Waals surface area contributed by atoms with E-state index in [1.165, 1.54) is 0 Å². The number of anilines is 2. The van der Waals surface area contributed by atoms with Crippen molar-refractivity contribution >= 4 is 34.8 Å². The predicted molar refractivity (Wildman–Crippen MR) is 107 cm³/mol. The lowest BCUT2D eigenvalue weighted by Crippen LogP contribution is -2.15. The summed E-state index contributed by atoms with van der Waals surface area (Å²) in [6.45, 7) is 4.48. The van der Waals surface area contributed by atoms with Crippen molar-refractivity contribution in [3.8, 4) is 11.5 Å². The number of ether oxygens (including phenoxy) is 2. The van der Waals surface area contributed by atoms with E-state index in [0.29, 0.717) is 41.7 Å². The Balaban J connectivity index is 2.35. The molecule has 0 saturated carbocycles. The first-order valence-corrected chi connectivity index (χ1v) is 9.28. The highest BCUT2D eigenvalue weighted by Gasteiger charge is 2.16. The minimum Gasteiger partial charge on any atom is -0.492 e. The summed E-state index contributed by atoms with van der Waals surface area (Å²) >= 11 is 5.62. The Kier molecular flexibility index (Phi) is 7.95. The highest BCUT2D eigenvalue weighted by Crippen LogP contribution is 2.37. The summed E-state index contributed by atoms with van der Waals surface area (Å²) in [6.07, 6.45) is 0.184. The molecule has 27 heavy (non-hydrogen) atoms. The summed E-state index contributed by atoms with van der Waals surface area (Å²) in [6, 6.07) is 12.2. The van der Waals surface area contributed by atoms with Crippen LogP contribution in [0.2, 0.25) is 0 Å². The Bertz CT molecular complexity index is 781. The molecule has 0 bridgehead atoms. The summed E-state index contributed by atoms with van der Waals surface area (Å²) in [5.74, 6) is 0.602. The average Bonchev–Trinajstić information content (AvgIpc) is 2.66. The third-order valence-corrected chi connectivity index (χ3v) is 3.75. The molecular formula is C20H23ClN2O4. The van der Waals surface area contributed by atoms with Gasteiger partial charge in [0, 0.05) is 30.0 Å². The van der Waals surface area contributed by atoms with E-state index in [2.05, 4.69) is 10.6 Å². The van der Waals surface area contributed by atoms with Crippen LogP contribution in [0.1, 0.15) is 30.6 Å². The quantitative estimate of drug-likeness (QED) is 0.626. The van der Waals surface area contributed by atoms with Gasteiger partial charge in [-0.25, -0.2) is 0 Å². The topological polar surface area (TPSA) is 76.7 Å². The minimum atomic E-state index is -0.266. The molecule has 0 spiro atoms. The van der Waals surface area contributed by atoms with Gasteiger partial charge in [-0.2, -0.15) is 0 Å². The minimum absolute atomic E-state index is 0.184. The Labute approximate surface area is 163 Å². The molecule has 0 fully saturated rings. The van der Waals surface area contributed by atoms with Crippen molar-refractivity contribution in [1.82, 2.24) is 0 Å². The van der Waals surface area contributed by atoms with Crippen LogP contribution in [0.3, 0.4) is 0 Å². The zero-order valence-electron chi connectivity index (χ0n) is 15.4. The fourth-order valence-electron chi connectivity index (χ4n) is 2.39. The summed E-state index contributed by atoms with van der Waals surface area (Å²) in [5, 5.41) is 5.60. The van der Waals surface area contributed by atoms with Gasteiger partial charge < -0.3 is 20.1 Å². The van der Waals surface area contributed by atoms with Crippen LogP contribution in [0.15, 0.2) is 42.5 Å². The molecule has 0 aliphatic rings. The summed E-state index contributed by atoms with van der Waals surface area (Å²) in [7, 11) is 0. The van der Waals surface area contributed by atoms with Gasteiger partial charge in [-0.05, 0) is 26.0 Å². The molecule has 2 rings (SSSR count). The molecule has 2 N–H and O–H groups in total. The van der Waals surface area contributed by atoms with Gasteiger partial charge in [0.1, 0.15) is 11.5 Å². The average molecular weight is 391 g/mol. The van der Waals surface area contributed by atoms with E-state index in [-0.39, 0.29) is 24.1 Å². The molecule has 144 valence electrons. The Morgan fingerprint density at radius 1 is 0.926 bits per heavy atom. The second kappa shape index (κ2) is 10.4. The van der Waals surface area contributed by atoms with Gasteiger partial charge in [0.15, 0.2) is 0 Å².